The zero-order valence-corrected chi connectivity index (χ0v) is 14.3. The number of rotatable bonds is 5. The molecular weight excluding hydrogens is 327 g/mol. The minimum absolute atomic E-state index is 0.157. The molecular formula is C15H20Cl2N2O3. The number of carbonyl (C=O) groups excluding carboxylic acids is 2. The van der Waals surface area contributed by atoms with Gasteiger partial charge in [0.05, 0.1) is 0 Å². The fourth-order valence-electron chi connectivity index (χ4n) is 1.54. The van der Waals surface area contributed by atoms with Crippen LogP contribution in [0.25, 0.3) is 0 Å². The number of halogens is 2. The molecule has 22 heavy (non-hydrogen) atoms. The molecule has 0 unspecified atom stereocenters. The topological polar surface area (TPSA) is 67.4 Å². The number of carbonyl (C=O) groups is 2. The summed E-state index contributed by atoms with van der Waals surface area (Å²) in [5.41, 5.74) is 0.219. The monoisotopic (exact) mass is 346 g/mol. The van der Waals surface area contributed by atoms with Gasteiger partial charge >= 0.3 is 6.09 Å². The van der Waals surface area contributed by atoms with Crippen molar-refractivity contribution >= 4 is 35.2 Å². The molecule has 0 aromatic heterocycles. The zero-order chi connectivity index (χ0) is 16.8. The van der Waals surface area contributed by atoms with Crippen molar-refractivity contribution in [2.24, 2.45) is 0 Å². The number of amides is 2. The Bertz CT molecular complexity index is 542. The molecule has 0 bridgehead atoms. The zero-order valence-electron chi connectivity index (χ0n) is 12.8. The largest absolute Gasteiger partial charge is 0.444 e. The second-order valence-electron chi connectivity index (χ2n) is 5.69. The molecule has 0 saturated carbocycles. The van der Waals surface area contributed by atoms with Crippen molar-refractivity contribution in [3.8, 4) is 0 Å². The van der Waals surface area contributed by atoms with E-state index in [1.807, 2.05) is 0 Å². The average Bonchev–Trinajstić information content (AvgIpc) is 2.35. The van der Waals surface area contributed by atoms with Gasteiger partial charge in [-0.1, -0.05) is 29.3 Å². The molecule has 1 rings (SSSR count). The van der Waals surface area contributed by atoms with Crippen LogP contribution in [-0.2, 0) is 16.1 Å². The van der Waals surface area contributed by atoms with Crippen LogP contribution in [0.3, 0.4) is 0 Å². The van der Waals surface area contributed by atoms with Crippen molar-refractivity contribution in [2.75, 3.05) is 6.54 Å². The first-order valence-corrected chi connectivity index (χ1v) is 7.60. The van der Waals surface area contributed by atoms with Crippen LogP contribution >= 0.6 is 23.2 Å². The minimum atomic E-state index is -0.558. The molecule has 0 aliphatic heterocycles. The predicted molar refractivity (Wildman–Crippen MR) is 87.2 cm³/mol. The number of hydrogen-bond donors (Lipinski definition) is 2. The van der Waals surface area contributed by atoms with Gasteiger partial charge in [-0.15, -0.1) is 0 Å². The summed E-state index contributed by atoms with van der Waals surface area (Å²) in [6, 6.07) is 5.08. The van der Waals surface area contributed by atoms with Crippen LogP contribution in [0.1, 0.15) is 32.8 Å². The van der Waals surface area contributed by atoms with Crippen LogP contribution in [-0.4, -0.2) is 24.1 Å². The molecule has 5 nitrogen and oxygen atoms in total. The Morgan fingerprint density at radius 1 is 1.18 bits per heavy atom. The Hall–Kier alpha value is -1.46. The van der Waals surface area contributed by atoms with Crippen molar-refractivity contribution in [1.82, 2.24) is 10.6 Å². The van der Waals surface area contributed by atoms with Gasteiger partial charge in [-0.2, -0.15) is 0 Å². The maximum Gasteiger partial charge on any atom is 0.407 e. The number of ether oxygens (including phenoxy) is 1. The third kappa shape index (κ3) is 7.52. The van der Waals surface area contributed by atoms with Crippen LogP contribution in [0.5, 0.6) is 0 Å². The van der Waals surface area contributed by atoms with Crippen molar-refractivity contribution < 1.29 is 14.3 Å². The fraction of sp³-hybridized carbons (Fsp3) is 0.467. The Balaban J connectivity index is 2.28. The van der Waals surface area contributed by atoms with Gasteiger partial charge in [-0.3, -0.25) is 4.79 Å². The molecule has 1 aromatic rings. The maximum absolute atomic E-state index is 11.7. The molecule has 0 atom stereocenters. The molecule has 0 aliphatic rings. The molecule has 2 amide bonds. The van der Waals surface area contributed by atoms with Crippen LogP contribution in [0.15, 0.2) is 18.2 Å². The summed E-state index contributed by atoms with van der Waals surface area (Å²) in [4.78, 5) is 23.1. The van der Waals surface area contributed by atoms with Crippen molar-refractivity contribution in [3.05, 3.63) is 33.8 Å². The average molecular weight is 347 g/mol. The van der Waals surface area contributed by atoms with Gasteiger partial charge in [0.15, 0.2) is 0 Å². The molecule has 122 valence electrons. The number of alkyl carbamates (subject to hydrolysis) is 1. The van der Waals surface area contributed by atoms with Gasteiger partial charge in [-0.25, -0.2) is 4.79 Å². The normalized spacial score (nSPS) is 11.0. The van der Waals surface area contributed by atoms with Crippen LogP contribution < -0.4 is 10.6 Å². The number of hydrogen-bond acceptors (Lipinski definition) is 3. The summed E-state index contributed by atoms with van der Waals surface area (Å²) in [6.45, 7) is 5.83. The smallest absolute Gasteiger partial charge is 0.407 e. The molecule has 2 N–H and O–H groups in total. The third-order valence-electron chi connectivity index (χ3n) is 2.51. The van der Waals surface area contributed by atoms with Crippen molar-refractivity contribution in [3.63, 3.8) is 0 Å². The SMILES string of the molecule is CC(C)(C)OC(=O)NCCC(=O)NCc1ccc(Cl)cc1Cl. The lowest BCUT2D eigenvalue weighted by Gasteiger charge is -2.19. The second kappa shape index (κ2) is 8.25. The first kappa shape index (κ1) is 18.6. The molecule has 0 saturated heterocycles. The van der Waals surface area contributed by atoms with E-state index in [1.165, 1.54) is 0 Å². The first-order valence-electron chi connectivity index (χ1n) is 6.85. The van der Waals surface area contributed by atoms with E-state index in [-0.39, 0.29) is 18.9 Å². The van der Waals surface area contributed by atoms with E-state index in [2.05, 4.69) is 10.6 Å². The molecule has 0 spiro atoms. The van der Waals surface area contributed by atoms with E-state index < -0.39 is 11.7 Å². The minimum Gasteiger partial charge on any atom is -0.444 e. The van der Waals surface area contributed by atoms with Crippen molar-refractivity contribution in [1.29, 1.82) is 0 Å². The van der Waals surface area contributed by atoms with Gasteiger partial charge in [-0.05, 0) is 38.5 Å². The molecule has 0 heterocycles. The molecule has 0 fully saturated rings. The maximum atomic E-state index is 11.7. The fourth-order valence-corrected chi connectivity index (χ4v) is 2.01. The Labute approximate surface area is 140 Å². The van der Waals surface area contributed by atoms with Gasteiger partial charge < -0.3 is 15.4 Å². The second-order valence-corrected chi connectivity index (χ2v) is 6.53. The summed E-state index contributed by atoms with van der Waals surface area (Å²) in [5, 5.41) is 6.29. The molecule has 0 radical (unpaired) electrons. The molecule has 0 aliphatic carbocycles. The highest BCUT2D eigenvalue weighted by Gasteiger charge is 2.15. The van der Waals surface area contributed by atoms with Gasteiger partial charge in [0.2, 0.25) is 5.91 Å². The summed E-state index contributed by atoms with van der Waals surface area (Å²) < 4.78 is 5.06. The van der Waals surface area contributed by atoms with Crippen LogP contribution in [0.4, 0.5) is 4.79 Å². The van der Waals surface area contributed by atoms with E-state index in [0.717, 1.165) is 5.56 Å². The third-order valence-corrected chi connectivity index (χ3v) is 3.10. The Morgan fingerprint density at radius 3 is 2.45 bits per heavy atom. The highest BCUT2D eigenvalue weighted by molar-refractivity contribution is 6.35. The van der Waals surface area contributed by atoms with E-state index in [1.54, 1.807) is 39.0 Å². The quantitative estimate of drug-likeness (QED) is 0.856. The van der Waals surface area contributed by atoms with Crippen LogP contribution in [0, 0.1) is 0 Å². The highest BCUT2D eigenvalue weighted by atomic mass is 35.5. The molecule has 7 heteroatoms. The van der Waals surface area contributed by atoms with E-state index >= 15 is 0 Å². The van der Waals surface area contributed by atoms with Gasteiger partial charge in [0, 0.05) is 29.6 Å². The van der Waals surface area contributed by atoms with Crippen molar-refractivity contribution in [2.45, 2.75) is 39.3 Å². The lowest BCUT2D eigenvalue weighted by molar-refractivity contribution is -0.121. The predicted octanol–water partition coefficient (Wildman–Crippen LogP) is 3.52. The van der Waals surface area contributed by atoms with Gasteiger partial charge in [0.1, 0.15) is 5.60 Å². The number of benzene rings is 1. The highest BCUT2D eigenvalue weighted by Crippen LogP contribution is 2.20. The number of nitrogens with one attached hydrogen (secondary N) is 2. The summed E-state index contributed by atoms with van der Waals surface area (Å²) >= 11 is 11.8. The molecule has 1 aromatic carbocycles. The Kier molecular flexibility index (Phi) is 6.97. The van der Waals surface area contributed by atoms with Gasteiger partial charge in [0.25, 0.3) is 0 Å². The first-order chi connectivity index (χ1) is 10.2. The van der Waals surface area contributed by atoms with E-state index in [9.17, 15) is 9.59 Å². The standard InChI is InChI=1S/C15H20Cl2N2O3/c1-15(2,3)22-14(21)18-7-6-13(20)19-9-10-4-5-11(16)8-12(10)17/h4-5,8H,6-7,9H2,1-3H3,(H,18,21)(H,19,20). The lowest BCUT2D eigenvalue weighted by Crippen LogP contribution is -2.35. The Morgan fingerprint density at radius 2 is 1.86 bits per heavy atom. The van der Waals surface area contributed by atoms with Crippen LogP contribution in [0.2, 0.25) is 10.0 Å². The summed E-state index contributed by atoms with van der Waals surface area (Å²) in [6.07, 6.45) is -0.384. The van der Waals surface area contributed by atoms with E-state index in [0.29, 0.717) is 16.6 Å². The lowest BCUT2D eigenvalue weighted by atomic mass is 10.2. The summed E-state index contributed by atoms with van der Waals surface area (Å²) in [5.74, 6) is -0.193. The summed E-state index contributed by atoms with van der Waals surface area (Å²) in [7, 11) is 0. The van der Waals surface area contributed by atoms with E-state index in [4.69, 9.17) is 27.9 Å².